The van der Waals surface area contributed by atoms with E-state index in [9.17, 15) is 4.79 Å². The minimum absolute atomic E-state index is 0.413. The largest absolute Gasteiger partial charge is 0.276 e. The van der Waals surface area contributed by atoms with E-state index in [1.807, 2.05) is 6.07 Å². The summed E-state index contributed by atoms with van der Waals surface area (Å²) in [6.07, 6.45) is 2.86. The van der Waals surface area contributed by atoms with Crippen LogP contribution in [0, 0.1) is 11.3 Å². The fraction of sp³-hybridized carbons (Fsp3) is 0. The zero-order chi connectivity index (χ0) is 9.68. The molecule has 0 bridgehead atoms. The lowest BCUT2D eigenvalue weighted by molar-refractivity contribution is 0.108. The first-order valence-electron chi connectivity index (χ1n) is 3.60. The maximum Gasteiger partial charge on any atom is 0.252 e. The van der Waals surface area contributed by atoms with Gasteiger partial charge in [0.15, 0.2) is 0 Å². The van der Waals surface area contributed by atoms with E-state index in [4.69, 9.17) is 16.9 Å². The van der Waals surface area contributed by atoms with Crippen LogP contribution in [0.4, 0.5) is 0 Å². The number of benzene rings is 1. The summed E-state index contributed by atoms with van der Waals surface area (Å²) >= 11 is 5.33. The second kappa shape index (κ2) is 4.44. The minimum Gasteiger partial charge on any atom is -0.276 e. The molecule has 0 aliphatic rings. The first kappa shape index (κ1) is 9.50. The molecule has 0 aliphatic heterocycles. The van der Waals surface area contributed by atoms with Crippen molar-refractivity contribution in [3.05, 3.63) is 41.5 Å². The second-order valence-electron chi connectivity index (χ2n) is 2.32. The van der Waals surface area contributed by atoms with E-state index in [1.165, 1.54) is 6.08 Å². The Labute approximate surface area is 81.1 Å². The third kappa shape index (κ3) is 2.43. The topological polar surface area (TPSA) is 40.9 Å². The molecule has 0 heterocycles. The summed E-state index contributed by atoms with van der Waals surface area (Å²) in [7, 11) is 0. The van der Waals surface area contributed by atoms with Gasteiger partial charge < -0.3 is 0 Å². The van der Waals surface area contributed by atoms with Crippen molar-refractivity contribution in [2.45, 2.75) is 0 Å². The Balaban J connectivity index is 3.14. The Morgan fingerprint density at radius 1 is 1.46 bits per heavy atom. The van der Waals surface area contributed by atoms with Crippen LogP contribution in [0.15, 0.2) is 30.3 Å². The summed E-state index contributed by atoms with van der Waals surface area (Å²) in [6, 6.07) is 8.69. The predicted molar refractivity (Wildman–Crippen MR) is 51.3 cm³/mol. The fourth-order valence-corrected chi connectivity index (χ4v) is 1.12. The van der Waals surface area contributed by atoms with Crippen molar-refractivity contribution in [2.75, 3.05) is 0 Å². The average Bonchev–Trinajstić information content (AvgIpc) is 2.15. The van der Waals surface area contributed by atoms with Crippen LogP contribution in [0.25, 0.3) is 6.08 Å². The van der Waals surface area contributed by atoms with Crippen LogP contribution in [0.2, 0.25) is 0 Å². The van der Waals surface area contributed by atoms with Gasteiger partial charge in [-0.05, 0) is 29.3 Å². The third-order valence-electron chi connectivity index (χ3n) is 1.51. The molecule has 0 unspecified atom stereocenters. The SMILES string of the molecule is N#CC=Cc1ccccc1C(=O)Cl. The Kier molecular flexibility index (Phi) is 3.24. The van der Waals surface area contributed by atoms with E-state index in [1.54, 1.807) is 30.3 Å². The van der Waals surface area contributed by atoms with Gasteiger partial charge in [0, 0.05) is 11.6 Å². The molecular formula is C10H6ClNO. The molecule has 0 fully saturated rings. The number of hydrogen-bond donors (Lipinski definition) is 0. The Hall–Kier alpha value is -1.59. The lowest BCUT2D eigenvalue weighted by Crippen LogP contribution is -1.91. The molecule has 2 nitrogen and oxygen atoms in total. The summed E-state index contributed by atoms with van der Waals surface area (Å²) in [5.74, 6) is 0. The van der Waals surface area contributed by atoms with Gasteiger partial charge in [-0.25, -0.2) is 0 Å². The van der Waals surface area contributed by atoms with Crippen molar-refractivity contribution >= 4 is 22.9 Å². The molecule has 0 saturated heterocycles. The monoisotopic (exact) mass is 191 g/mol. The van der Waals surface area contributed by atoms with Gasteiger partial charge in [-0.2, -0.15) is 5.26 Å². The summed E-state index contributed by atoms with van der Waals surface area (Å²) in [5, 5.41) is 7.79. The molecule has 0 atom stereocenters. The van der Waals surface area contributed by atoms with Crippen molar-refractivity contribution in [1.82, 2.24) is 0 Å². The van der Waals surface area contributed by atoms with Crippen LogP contribution in [0.1, 0.15) is 15.9 Å². The third-order valence-corrected chi connectivity index (χ3v) is 1.71. The minimum atomic E-state index is -0.516. The van der Waals surface area contributed by atoms with Gasteiger partial charge >= 0.3 is 0 Å². The lowest BCUT2D eigenvalue weighted by atomic mass is 10.1. The molecule has 13 heavy (non-hydrogen) atoms. The highest BCUT2D eigenvalue weighted by molar-refractivity contribution is 6.68. The van der Waals surface area contributed by atoms with Gasteiger partial charge in [0.05, 0.1) is 6.07 Å². The first-order chi connectivity index (χ1) is 6.25. The number of halogens is 1. The van der Waals surface area contributed by atoms with Crippen LogP contribution in [0.3, 0.4) is 0 Å². The molecule has 1 rings (SSSR count). The van der Waals surface area contributed by atoms with Crippen LogP contribution >= 0.6 is 11.6 Å². The van der Waals surface area contributed by atoms with Gasteiger partial charge in [0.25, 0.3) is 5.24 Å². The average molecular weight is 192 g/mol. The zero-order valence-electron chi connectivity index (χ0n) is 6.70. The fourth-order valence-electron chi connectivity index (χ4n) is 0.948. The molecule has 0 aromatic heterocycles. The van der Waals surface area contributed by atoms with E-state index in [2.05, 4.69) is 0 Å². The van der Waals surface area contributed by atoms with Crippen molar-refractivity contribution in [3.8, 4) is 6.07 Å². The smallest absolute Gasteiger partial charge is 0.252 e. The van der Waals surface area contributed by atoms with E-state index < -0.39 is 5.24 Å². The molecule has 1 aromatic carbocycles. The maximum absolute atomic E-state index is 10.9. The summed E-state index contributed by atoms with van der Waals surface area (Å²) in [4.78, 5) is 10.9. The highest BCUT2D eigenvalue weighted by atomic mass is 35.5. The zero-order valence-corrected chi connectivity index (χ0v) is 7.45. The number of rotatable bonds is 2. The highest BCUT2D eigenvalue weighted by Crippen LogP contribution is 2.12. The molecule has 0 saturated carbocycles. The molecule has 0 aliphatic carbocycles. The van der Waals surface area contributed by atoms with E-state index in [-0.39, 0.29) is 0 Å². The maximum atomic E-state index is 10.9. The van der Waals surface area contributed by atoms with Crippen LogP contribution in [-0.2, 0) is 0 Å². The van der Waals surface area contributed by atoms with Crippen molar-refractivity contribution < 1.29 is 4.79 Å². The van der Waals surface area contributed by atoms with Crippen molar-refractivity contribution in [3.63, 3.8) is 0 Å². The molecule has 0 spiro atoms. The lowest BCUT2D eigenvalue weighted by Gasteiger charge is -1.97. The predicted octanol–water partition coefficient (Wildman–Crippen LogP) is 2.60. The van der Waals surface area contributed by atoms with E-state index in [0.717, 1.165) is 0 Å². The van der Waals surface area contributed by atoms with Crippen molar-refractivity contribution in [2.24, 2.45) is 0 Å². The number of allylic oxidation sites excluding steroid dienone is 1. The van der Waals surface area contributed by atoms with E-state index in [0.29, 0.717) is 11.1 Å². The molecule has 0 N–H and O–H groups in total. The molecule has 64 valence electrons. The first-order valence-corrected chi connectivity index (χ1v) is 3.98. The molecule has 3 heteroatoms. The Bertz CT molecular complexity index is 390. The van der Waals surface area contributed by atoms with Gasteiger partial charge in [-0.15, -0.1) is 0 Å². The van der Waals surface area contributed by atoms with Gasteiger partial charge in [0.2, 0.25) is 0 Å². The Morgan fingerprint density at radius 2 is 2.15 bits per heavy atom. The highest BCUT2D eigenvalue weighted by Gasteiger charge is 2.04. The van der Waals surface area contributed by atoms with Gasteiger partial charge in [0.1, 0.15) is 0 Å². The van der Waals surface area contributed by atoms with Crippen LogP contribution in [-0.4, -0.2) is 5.24 Å². The second-order valence-corrected chi connectivity index (χ2v) is 2.67. The van der Waals surface area contributed by atoms with Crippen LogP contribution < -0.4 is 0 Å². The number of nitrogens with zero attached hydrogens (tertiary/aromatic N) is 1. The quantitative estimate of drug-likeness (QED) is 0.533. The molecule has 0 amide bonds. The van der Waals surface area contributed by atoms with Gasteiger partial charge in [-0.3, -0.25) is 4.79 Å². The summed E-state index contributed by atoms with van der Waals surface area (Å²) < 4.78 is 0. The van der Waals surface area contributed by atoms with Gasteiger partial charge in [-0.1, -0.05) is 18.2 Å². The Morgan fingerprint density at radius 3 is 2.77 bits per heavy atom. The number of hydrogen-bond acceptors (Lipinski definition) is 2. The number of carbonyl (C=O) groups excluding carboxylic acids is 1. The van der Waals surface area contributed by atoms with Crippen molar-refractivity contribution in [1.29, 1.82) is 5.26 Å². The summed E-state index contributed by atoms with van der Waals surface area (Å²) in [6.45, 7) is 0. The molecule has 0 radical (unpaired) electrons. The molecule has 1 aromatic rings. The van der Waals surface area contributed by atoms with Crippen LogP contribution in [0.5, 0.6) is 0 Å². The normalized spacial score (nSPS) is 9.85. The number of nitriles is 1. The molecular weight excluding hydrogens is 186 g/mol. The van der Waals surface area contributed by atoms with E-state index >= 15 is 0 Å². The standard InChI is InChI=1S/C10H6ClNO/c11-10(13)9-6-2-1-4-8(9)5-3-7-12/h1-6H. The summed E-state index contributed by atoms with van der Waals surface area (Å²) in [5.41, 5.74) is 1.07. The number of carbonyl (C=O) groups is 1.